The van der Waals surface area contributed by atoms with Gasteiger partial charge in [0.25, 0.3) is 4.92 Å². The van der Waals surface area contributed by atoms with Crippen molar-refractivity contribution in [3.63, 3.8) is 0 Å². The quantitative estimate of drug-likeness (QED) is 0.290. The Kier molecular flexibility index (Phi) is 7.03. The van der Waals surface area contributed by atoms with Gasteiger partial charge in [-0.2, -0.15) is 0 Å². The van der Waals surface area contributed by atoms with Gasteiger partial charge in [0.05, 0.1) is 23.9 Å². The van der Waals surface area contributed by atoms with Crippen LogP contribution in [0.2, 0.25) is 5.02 Å². The number of methoxy groups -OCH3 is 1. The van der Waals surface area contributed by atoms with E-state index >= 15 is 0 Å². The summed E-state index contributed by atoms with van der Waals surface area (Å²) < 4.78 is 5.27. The normalized spacial score (nSPS) is 11.7. The molecule has 0 saturated carbocycles. The summed E-state index contributed by atoms with van der Waals surface area (Å²) >= 11 is 7.21. The second-order valence-electron chi connectivity index (χ2n) is 6.03. The highest BCUT2D eigenvalue weighted by Gasteiger charge is 2.21. The summed E-state index contributed by atoms with van der Waals surface area (Å²) in [5, 5.41) is 16.1. The number of aliphatic hydroxyl groups is 1. The first-order chi connectivity index (χ1) is 14.5. The van der Waals surface area contributed by atoms with Crippen molar-refractivity contribution in [2.45, 2.75) is 10.4 Å². The monoisotopic (exact) mass is 449 g/mol. The Balaban J connectivity index is 2.06. The zero-order chi connectivity index (χ0) is 21.7. The zero-order valence-corrected chi connectivity index (χ0v) is 17.6. The standard InChI is InChI=1S/C19H18ClN4O5S/c1-28-16-7-12(4-14(20)8-16)11-3-13(6-15(5-11)24(27)29-2)18-21-19(23-22-18)30-17(9-25)10-26/h3-9,17,26H,10H2,1-2H3,(H,21,22,23)/q+1. The molecule has 3 aromatic rings. The number of aromatic nitrogens is 3. The number of nitrogens with zero attached hydrogens (tertiary/aromatic N) is 3. The number of halogens is 1. The van der Waals surface area contributed by atoms with Crippen LogP contribution in [-0.2, 0) is 9.63 Å². The molecule has 156 valence electrons. The Labute approximate surface area is 180 Å². The molecular weight excluding hydrogens is 432 g/mol. The van der Waals surface area contributed by atoms with Gasteiger partial charge in [-0.1, -0.05) is 23.4 Å². The lowest BCUT2D eigenvalue weighted by molar-refractivity contribution is -0.736. The number of aldehydes is 1. The van der Waals surface area contributed by atoms with Gasteiger partial charge in [0.1, 0.15) is 12.0 Å². The van der Waals surface area contributed by atoms with E-state index in [1.54, 1.807) is 36.4 Å². The maximum Gasteiger partial charge on any atom is 0.318 e. The Morgan fingerprint density at radius 1 is 1.20 bits per heavy atom. The molecule has 1 aromatic heterocycles. The van der Waals surface area contributed by atoms with Crippen LogP contribution in [0.4, 0.5) is 5.69 Å². The van der Waals surface area contributed by atoms with Crippen molar-refractivity contribution in [3.8, 4) is 28.3 Å². The number of nitrogens with one attached hydrogen (secondary N) is 1. The van der Waals surface area contributed by atoms with Crippen LogP contribution in [0.25, 0.3) is 22.5 Å². The van der Waals surface area contributed by atoms with Crippen molar-refractivity contribution < 1.29 is 24.4 Å². The number of aromatic amines is 1. The van der Waals surface area contributed by atoms with Crippen LogP contribution >= 0.6 is 23.4 Å². The van der Waals surface area contributed by atoms with E-state index in [2.05, 4.69) is 15.2 Å². The van der Waals surface area contributed by atoms with Gasteiger partial charge in [0, 0.05) is 22.7 Å². The number of ether oxygens (including phenoxy) is 1. The number of hydrogen-bond acceptors (Lipinski definition) is 8. The molecule has 9 nitrogen and oxygen atoms in total. The van der Waals surface area contributed by atoms with E-state index in [1.165, 1.54) is 14.2 Å². The van der Waals surface area contributed by atoms with Gasteiger partial charge in [-0.05, 0) is 35.4 Å². The van der Waals surface area contributed by atoms with Gasteiger partial charge in [-0.3, -0.25) is 5.10 Å². The highest BCUT2D eigenvalue weighted by atomic mass is 35.5. The van der Waals surface area contributed by atoms with E-state index in [0.29, 0.717) is 44.1 Å². The fourth-order valence-corrected chi connectivity index (χ4v) is 3.51. The maximum absolute atomic E-state index is 12.1. The fourth-order valence-electron chi connectivity index (χ4n) is 2.64. The van der Waals surface area contributed by atoms with Gasteiger partial charge < -0.3 is 14.6 Å². The van der Waals surface area contributed by atoms with Crippen LogP contribution in [0.1, 0.15) is 0 Å². The molecular formula is C19H18ClN4O5S+. The summed E-state index contributed by atoms with van der Waals surface area (Å²) in [5.74, 6) is 0.944. The van der Waals surface area contributed by atoms with Crippen molar-refractivity contribution in [1.82, 2.24) is 15.2 Å². The lowest BCUT2D eigenvalue weighted by atomic mass is 10.0. The number of carbonyl (C=O) groups is 1. The van der Waals surface area contributed by atoms with E-state index in [0.717, 1.165) is 17.3 Å². The van der Waals surface area contributed by atoms with Gasteiger partial charge >= 0.3 is 5.69 Å². The van der Waals surface area contributed by atoms with Crippen LogP contribution in [0.15, 0.2) is 41.6 Å². The molecule has 1 heterocycles. The average Bonchev–Trinajstić information content (AvgIpc) is 3.24. The van der Waals surface area contributed by atoms with E-state index in [1.807, 2.05) is 0 Å². The average molecular weight is 450 g/mol. The smallest absolute Gasteiger partial charge is 0.318 e. The van der Waals surface area contributed by atoms with Crippen molar-refractivity contribution in [1.29, 1.82) is 0 Å². The second-order valence-corrected chi connectivity index (χ2v) is 7.67. The van der Waals surface area contributed by atoms with Crippen LogP contribution in [-0.4, -0.2) is 57.6 Å². The minimum Gasteiger partial charge on any atom is -0.497 e. The Morgan fingerprint density at radius 3 is 2.60 bits per heavy atom. The number of rotatable bonds is 9. The van der Waals surface area contributed by atoms with Crippen molar-refractivity contribution in [3.05, 3.63) is 46.3 Å². The topological polar surface area (TPSA) is 117 Å². The lowest BCUT2D eigenvalue weighted by Gasteiger charge is -2.07. The van der Waals surface area contributed by atoms with E-state index in [-0.39, 0.29) is 12.3 Å². The van der Waals surface area contributed by atoms with Crippen molar-refractivity contribution in [2.24, 2.45) is 0 Å². The van der Waals surface area contributed by atoms with Crippen molar-refractivity contribution in [2.75, 3.05) is 20.8 Å². The van der Waals surface area contributed by atoms with E-state index in [9.17, 15) is 14.8 Å². The Morgan fingerprint density at radius 2 is 1.93 bits per heavy atom. The molecule has 0 aliphatic carbocycles. The molecule has 3 rings (SSSR count). The highest BCUT2D eigenvalue weighted by Crippen LogP contribution is 2.34. The molecule has 0 fully saturated rings. The molecule has 11 heteroatoms. The third-order valence-corrected chi connectivity index (χ3v) is 5.24. The molecule has 0 aliphatic heterocycles. The molecule has 0 spiro atoms. The molecule has 30 heavy (non-hydrogen) atoms. The number of thioether (sulfide) groups is 1. The predicted molar refractivity (Wildman–Crippen MR) is 112 cm³/mol. The molecule has 0 amide bonds. The summed E-state index contributed by atoms with van der Waals surface area (Å²) in [7, 11) is 2.80. The summed E-state index contributed by atoms with van der Waals surface area (Å²) in [5.41, 5.74) is 2.19. The second kappa shape index (κ2) is 9.70. The summed E-state index contributed by atoms with van der Waals surface area (Å²) in [6.45, 7) is -0.326. The fraction of sp³-hybridized carbons (Fsp3) is 0.211. The number of aliphatic hydroxyl groups excluding tert-OH is 1. The third-order valence-electron chi connectivity index (χ3n) is 4.06. The third kappa shape index (κ3) is 4.96. The van der Waals surface area contributed by atoms with E-state index in [4.69, 9.17) is 21.2 Å². The molecule has 0 aliphatic rings. The Hall–Kier alpha value is -2.95. The molecule has 0 saturated heterocycles. The van der Waals surface area contributed by atoms with Crippen LogP contribution in [0, 0.1) is 4.91 Å². The summed E-state index contributed by atoms with van der Waals surface area (Å²) in [6, 6.07) is 10.2. The SMILES string of the molecule is COc1cc(Cl)cc(-c2cc(-c3nc(SC(C=O)CO)n[nH]3)cc([N+](=O)OC)c2)c1. The number of H-pyrrole nitrogens is 1. The van der Waals surface area contributed by atoms with E-state index < -0.39 is 5.25 Å². The van der Waals surface area contributed by atoms with Gasteiger partial charge in [0.15, 0.2) is 12.9 Å². The predicted octanol–water partition coefficient (Wildman–Crippen LogP) is 3.42. The minimum absolute atomic E-state index is 0.232. The first-order valence-corrected chi connectivity index (χ1v) is 9.90. The zero-order valence-electron chi connectivity index (χ0n) is 16.0. The molecule has 1 atom stereocenters. The molecule has 1 unspecified atom stereocenters. The van der Waals surface area contributed by atoms with Crippen LogP contribution in [0.3, 0.4) is 0 Å². The summed E-state index contributed by atoms with van der Waals surface area (Å²) in [4.78, 5) is 32.6. The first-order valence-electron chi connectivity index (χ1n) is 8.64. The number of carbonyl (C=O) groups excluding carboxylic acids is 1. The van der Waals surface area contributed by atoms with Crippen LogP contribution in [0.5, 0.6) is 5.75 Å². The van der Waals surface area contributed by atoms with Crippen molar-refractivity contribution >= 4 is 35.3 Å². The first kappa shape index (κ1) is 21.8. The van der Waals surface area contributed by atoms with Crippen LogP contribution < -0.4 is 4.74 Å². The Bertz CT molecular complexity index is 1070. The van der Waals surface area contributed by atoms with Gasteiger partial charge in [0.2, 0.25) is 5.16 Å². The van der Waals surface area contributed by atoms with Gasteiger partial charge in [-0.25, -0.2) is 9.82 Å². The molecule has 2 N–H and O–H groups in total. The largest absolute Gasteiger partial charge is 0.497 e. The number of benzene rings is 2. The molecule has 2 aromatic carbocycles. The molecule has 0 bridgehead atoms. The minimum atomic E-state index is -0.667. The molecule has 0 radical (unpaired) electrons. The van der Waals surface area contributed by atoms with Gasteiger partial charge in [-0.15, -0.1) is 5.10 Å². The number of hydrogen-bond donors (Lipinski definition) is 2. The highest BCUT2D eigenvalue weighted by molar-refractivity contribution is 8.00. The maximum atomic E-state index is 12.1. The summed E-state index contributed by atoms with van der Waals surface area (Å²) in [6.07, 6.45) is 0.625. The lowest BCUT2D eigenvalue weighted by Crippen LogP contribution is -2.09.